The van der Waals surface area contributed by atoms with Crippen LogP contribution in [0.2, 0.25) is 0 Å². The molecular formula is C24H34N4O2. The van der Waals surface area contributed by atoms with Gasteiger partial charge in [-0.2, -0.15) is 0 Å². The van der Waals surface area contributed by atoms with E-state index >= 15 is 0 Å². The Labute approximate surface area is 178 Å². The Morgan fingerprint density at radius 2 is 1.63 bits per heavy atom. The van der Waals surface area contributed by atoms with Crippen molar-refractivity contribution < 1.29 is 4.79 Å². The van der Waals surface area contributed by atoms with Gasteiger partial charge in [0.05, 0.1) is 11.0 Å². The zero-order valence-corrected chi connectivity index (χ0v) is 18.1. The molecule has 1 aromatic carbocycles. The number of carbonyl (C=O) groups excluding carboxylic acids is 1. The predicted octanol–water partition coefficient (Wildman–Crippen LogP) is 3.46. The number of nitrogens with zero attached hydrogens (tertiary/aromatic N) is 3. The molecule has 1 amide bonds. The molecule has 3 fully saturated rings. The smallest absolute Gasteiger partial charge is 0.326 e. The van der Waals surface area contributed by atoms with Gasteiger partial charge < -0.3 is 14.8 Å². The van der Waals surface area contributed by atoms with Crippen LogP contribution in [0, 0.1) is 12.8 Å². The number of aromatic nitrogens is 2. The highest BCUT2D eigenvalue weighted by atomic mass is 16.2. The van der Waals surface area contributed by atoms with E-state index in [2.05, 4.69) is 33.8 Å². The molecule has 1 saturated carbocycles. The van der Waals surface area contributed by atoms with Crippen molar-refractivity contribution in [3.63, 3.8) is 0 Å². The van der Waals surface area contributed by atoms with Crippen molar-refractivity contribution in [2.75, 3.05) is 26.2 Å². The molecule has 2 aliphatic heterocycles. The molecule has 0 unspecified atom stereocenters. The summed E-state index contributed by atoms with van der Waals surface area (Å²) in [5.74, 6) is 0.670. The van der Waals surface area contributed by atoms with Gasteiger partial charge in [-0.3, -0.25) is 9.36 Å². The van der Waals surface area contributed by atoms with E-state index in [0.29, 0.717) is 11.9 Å². The first-order valence-electron chi connectivity index (χ1n) is 11.8. The molecule has 6 nitrogen and oxygen atoms in total. The highest BCUT2D eigenvalue weighted by Crippen LogP contribution is 2.33. The number of carbonyl (C=O) groups is 1. The number of hydrogen-bond donors (Lipinski definition) is 1. The molecule has 0 atom stereocenters. The number of aryl methyl sites for hydroxylation is 1. The van der Waals surface area contributed by atoms with Crippen molar-refractivity contribution >= 4 is 16.9 Å². The van der Waals surface area contributed by atoms with E-state index in [-0.39, 0.29) is 17.6 Å². The Bertz CT molecular complexity index is 955. The van der Waals surface area contributed by atoms with Gasteiger partial charge in [0.25, 0.3) is 0 Å². The zero-order valence-electron chi connectivity index (χ0n) is 18.1. The summed E-state index contributed by atoms with van der Waals surface area (Å²) in [7, 11) is 0. The van der Waals surface area contributed by atoms with Gasteiger partial charge in [0.2, 0.25) is 5.91 Å². The summed E-state index contributed by atoms with van der Waals surface area (Å²) in [6, 6.07) is 7.07. The highest BCUT2D eigenvalue weighted by Gasteiger charge is 2.34. The molecule has 2 aromatic rings. The summed E-state index contributed by atoms with van der Waals surface area (Å²) in [5.41, 5.74) is 3.19. The lowest BCUT2D eigenvalue weighted by molar-refractivity contribution is -0.135. The average molecular weight is 411 g/mol. The Balaban J connectivity index is 1.18. The first-order chi connectivity index (χ1) is 14.6. The van der Waals surface area contributed by atoms with Crippen LogP contribution in [0.1, 0.15) is 63.0 Å². The van der Waals surface area contributed by atoms with Crippen LogP contribution in [0.3, 0.4) is 0 Å². The number of benzene rings is 1. The standard InChI is InChI=1S/C24H34N4O2/c1-17-4-9-21-22(16-17)28(24(30)25-21)20-10-14-26(15-11-20)19-7-5-18(6-8-19)23(29)27-12-2-3-13-27/h4,9,16,18-20H,2-3,5-8,10-15H2,1H3,(H,25,30)/t18-,19-. The van der Waals surface area contributed by atoms with Crippen LogP contribution in [-0.2, 0) is 4.79 Å². The van der Waals surface area contributed by atoms with Crippen LogP contribution in [0.4, 0.5) is 0 Å². The molecular weight excluding hydrogens is 376 g/mol. The second kappa shape index (κ2) is 8.22. The Morgan fingerprint density at radius 1 is 0.933 bits per heavy atom. The quantitative estimate of drug-likeness (QED) is 0.843. The molecule has 162 valence electrons. The lowest BCUT2D eigenvalue weighted by Gasteiger charge is -2.41. The number of fused-ring (bicyclic) bond motifs is 1. The number of amides is 1. The normalized spacial score (nSPS) is 26.5. The summed E-state index contributed by atoms with van der Waals surface area (Å²) in [4.78, 5) is 33.0. The van der Waals surface area contributed by atoms with Crippen LogP contribution < -0.4 is 5.69 Å². The topological polar surface area (TPSA) is 61.3 Å². The second-order valence-corrected chi connectivity index (χ2v) is 9.63. The van der Waals surface area contributed by atoms with Crippen LogP contribution in [0.25, 0.3) is 11.0 Å². The maximum atomic E-state index is 12.7. The molecule has 2 saturated heterocycles. The molecule has 0 radical (unpaired) electrons. The van der Waals surface area contributed by atoms with Gasteiger partial charge in [0.1, 0.15) is 0 Å². The molecule has 3 heterocycles. The molecule has 30 heavy (non-hydrogen) atoms. The molecule has 5 rings (SSSR count). The van der Waals surface area contributed by atoms with E-state index in [1.54, 1.807) is 0 Å². The molecule has 1 aromatic heterocycles. The molecule has 1 aliphatic carbocycles. The minimum absolute atomic E-state index is 0.0231. The van der Waals surface area contributed by atoms with Crippen molar-refractivity contribution in [1.82, 2.24) is 19.4 Å². The highest BCUT2D eigenvalue weighted by molar-refractivity contribution is 5.79. The first-order valence-corrected chi connectivity index (χ1v) is 11.8. The van der Waals surface area contributed by atoms with E-state index < -0.39 is 0 Å². The summed E-state index contributed by atoms with van der Waals surface area (Å²) in [5, 5.41) is 0. The zero-order chi connectivity index (χ0) is 20.7. The van der Waals surface area contributed by atoms with E-state index in [0.717, 1.165) is 75.7 Å². The third-order valence-electron chi connectivity index (χ3n) is 7.72. The van der Waals surface area contributed by atoms with Gasteiger partial charge in [-0.25, -0.2) is 4.79 Å². The van der Waals surface area contributed by atoms with Gasteiger partial charge in [-0.15, -0.1) is 0 Å². The number of likely N-dealkylation sites (tertiary alicyclic amines) is 2. The Kier molecular flexibility index (Phi) is 5.44. The number of piperidine rings is 1. The Hall–Kier alpha value is -2.08. The maximum absolute atomic E-state index is 12.7. The lowest BCUT2D eigenvalue weighted by Crippen LogP contribution is -2.45. The van der Waals surface area contributed by atoms with Crippen LogP contribution >= 0.6 is 0 Å². The fraction of sp³-hybridized carbons (Fsp3) is 0.667. The summed E-state index contributed by atoms with van der Waals surface area (Å²) >= 11 is 0. The van der Waals surface area contributed by atoms with Gasteiger partial charge in [-0.1, -0.05) is 6.07 Å². The Morgan fingerprint density at radius 3 is 2.33 bits per heavy atom. The summed E-state index contributed by atoms with van der Waals surface area (Å²) < 4.78 is 1.99. The fourth-order valence-corrected chi connectivity index (χ4v) is 5.99. The lowest BCUT2D eigenvalue weighted by atomic mass is 9.83. The number of hydrogen-bond acceptors (Lipinski definition) is 3. The fourth-order valence-electron chi connectivity index (χ4n) is 5.99. The second-order valence-electron chi connectivity index (χ2n) is 9.63. The van der Waals surface area contributed by atoms with Crippen LogP contribution in [-0.4, -0.2) is 57.5 Å². The molecule has 3 aliphatic rings. The maximum Gasteiger partial charge on any atom is 0.326 e. The predicted molar refractivity (Wildman–Crippen MR) is 119 cm³/mol. The minimum atomic E-state index is 0.0231. The van der Waals surface area contributed by atoms with Crippen molar-refractivity contribution in [2.45, 2.75) is 70.4 Å². The van der Waals surface area contributed by atoms with E-state index in [1.165, 1.54) is 18.4 Å². The summed E-state index contributed by atoms with van der Waals surface area (Å²) in [6.07, 6.45) is 8.76. The van der Waals surface area contributed by atoms with Crippen molar-refractivity contribution in [2.24, 2.45) is 5.92 Å². The third-order valence-corrected chi connectivity index (χ3v) is 7.72. The van der Waals surface area contributed by atoms with Crippen molar-refractivity contribution in [1.29, 1.82) is 0 Å². The van der Waals surface area contributed by atoms with E-state index in [9.17, 15) is 9.59 Å². The third kappa shape index (κ3) is 3.70. The van der Waals surface area contributed by atoms with Gasteiger partial charge in [-0.05, 0) is 76.0 Å². The summed E-state index contributed by atoms with van der Waals surface area (Å²) in [6.45, 7) is 6.11. The van der Waals surface area contributed by atoms with Crippen molar-refractivity contribution in [3.05, 3.63) is 34.2 Å². The van der Waals surface area contributed by atoms with Gasteiger partial charge >= 0.3 is 5.69 Å². The monoisotopic (exact) mass is 410 g/mol. The van der Waals surface area contributed by atoms with E-state index in [1.807, 2.05) is 10.6 Å². The first kappa shape index (κ1) is 19.9. The number of imidazole rings is 1. The number of aromatic amines is 1. The van der Waals surface area contributed by atoms with Crippen LogP contribution in [0.5, 0.6) is 0 Å². The van der Waals surface area contributed by atoms with Gasteiger partial charge in [0, 0.05) is 44.2 Å². The van der Waals surface area contributed by atoms with Crippen molar-refractivity contribution in [3.8, 4) is 0 Å². The largest absolute Gasteiger partial charge is 0.342 e. The molecule has 6 heteroatoms. The van der Waals surface area contributed by atoms with E-state index in [4.69, 9.17) is 0 Å². The molecule has 1 N–H and O–H groups in total. The minimum Gasteiger partial charge on any atom is -0.342 e. The van der Waals surface area contributed by atoms with Crippen LogP contribution in [0.15, 0.2) is 23.0 Å². The molecule has 0 bridgehead atoms. The number of H-pyrrole nitrogens is 1. The number of rotatable bonds is 3. The average Bonchev–Trinajstić information content (AvgIpc) is 3.41. The number of nitrogens with one attached hydrogen (secondary N) is 1. The molecule has 0 spiro atoms. The van der Waals surface area contributed by atoms with Gasteiger partial charge in [0.15, 0.2) is 0 Å². The SMILES string of the molecule is Cc1ccc2[nH]c(=O)n(C3CCN([C@H]4CC[C@H](C(=O)N5CCCC5)CC4)CC3)c2c1.